The Labute approximate surface area is 176 Å². The first-order valence-corrected chi connectivity index (χ1v) is 10.0. The van der Waals surface area contributed by atoms with E-state index in [0.29, 0.717) is 34.7 Å². The van der Waals surface area contributed by atoms with Crippen molar-refractivity contribution in [2.24, 2.45) is 0 Å². The molecule has 0 aliphatic heterocycles. The second-order valence-corrected chi connectivity index (χ2v) is 7.21. The Morgan fingerprint density at radius 1 is 0.933 bits per heavy atom. The number of aromatic hydroxyl groups is 1. The van der Waals surface area contributed by atoms with Crippen LogP contribution < -0.4 is 9.47 Å². The molecule has 1 unspecified atom stereocenters. The highest BCUT2D eigenvalue weighted by molar-refractivity contribution is 5.86. The Kier molecular flexibility index (Phi) is 5.53. The van der Waals surface area contributed by atoms with Crippen LogP contribution in [0.1, 0.15) is 31.7 Å². The van der Waals surface area contributed by atoms with Crippen LogP contribution in [0, 0.1) is 0 Å². The van der Waals surface area contributed by atoms with Crippen LogP contribution in [0.5, 0.6) is 23.1 Å². The van der Waals surface area contributed by atoms with Gasteiger partial charge in [-0.1, -0.05) is 44.2 Å². The van der Waals surface area contributed by atoms with Crippen LogP contribution in [0.25, 0.3) is 22.3 Å². The number of fused-ring (bicyclic) bond motifs is 1. The molecule has 0 saturated heterocycles. The summed E-state index contributed by atoms with van der Waals surface area (Å²) >= 11 is 0. The number of methoxy groups -OCH3 is 1. The molecule has 0 bridgehead atoms. The van der Waals surface area contributed by atoms with E-state index >= 15 is 0 Å². The summed E-state index contributed by atoms with van der Waals surface area (Å²) in [4.78, 5) is 9.25. The van der Waals surface area contributed by atoms with E-state index in [9.17, 15) is 5.11 Å². The van der Waals surface area contributed by atoms with Gasteiger partial charge in [-0.25, -0.2) is 4.98 Å². The van der Waals surface area contributed by atoms with Crippen LogP contribution in [-0.4, -0.2) is 22.2 Å². The summed E-state index contributed by atoms with van der Waals surface area (Å²) in [5.74, 6) is 2.38. The lowest BCUT2D eigenvalue weighted by Crippen LogP contribution is -1.97. The Morgan fingerprint density at radius 3 is 2.43 bits per heavy atom. The third-order valence-corrected chi connectivity index (χ3v) is 5.30. The van der Waals surface area contributed by atoms with Crippen LogP contribution in [0.4, 0.5) is 0 Å². The molecule has 1 heterocycles. The summed E-state index contributed by atoms with van der Waals surface area (Å²) < 4.78 is 11.4. The number of aromatic nitrogens is 2. The third-order valence-electron chi connectivity index (χ3n) is 5.30. The van der Waals surface area contributed by atoms with Crippen LogP contribution >= 0.6 is 0 Å². The van der Waals surface area contributed by atoms with Crippen LogP contribution in [0.2, 0.25) is 0 Å². The number of para-hydroxylation sites is 2. The predicted octanol–water partition coefficient (Wildman–Crippen LogP) is 6.32. The fraction of sp³-hybridized carbons (Fsp3) is 0.200. The summed E-state index contributed by atoms with van der Waals surface area (Å²) in [6, 6.07) is 21.0. The van der Waals surface area contributed by atoms with Crippen molar-refractivity contribution in [1.82, 2.24) is 9.97 Å². The van der Waals surface area contributed by atoms with Crippen molar-refractivity contribution in [3.8, 4) is 34.5 Å². The molecule has 5 nitrogen and oxygen atoms in total. The molecule has 3 aromatic carbocycles. The van der Waals surface area contributed by atoms with Crippen molar-refractivity contribution < 1.29 is 14.6 Å². The maximum Gasteiger partial charge on any atom is 0.230 e. The maximum absolute atomic E-state index is 10.6. The van der Waals surface area contributed by atoms with Gasteiger partial charge in [-0.2, -0.15) is 4.98 Å². The summed E-state index contributed by atoms with van der Waals surface area (Å²) in [7, 11) is 1.51. The molecular weight excluding hydrogens is 376 g/mol. The van der Waals surface area contributed by atoms with Crippen LogP contribution in [0.15, 0.2) is 66.7 Å². The van der Waals surface area contributed by atoms with Gasteiger partial charge in [0.2, 0.25) is 5.88 Å². The number of phenolic OH excluding ortho intramolecular Hbond substituents is 1. The van der Waals surface area contributed by atoms with Crippen molar-refractivity contribution in [3.63, 3.8) is 0 Å². The van der Waals surface area contributed by atoms with E-state index in [0.717, 1.165) is 17.3 Å². The molecule has 0 aliphatic rings. The Hall–Kier alpha value is -3.60. The van der Waals surface area contributed by atoms with Crippen LogP contribution in [0.3, 0.4) is 0 Å². The summed E-state index contributed by atoms with van der Waals surface area (Å²) in [5.41, 5.74) is 2.49. The lowest BCUT2D eigenvalue weighted by molar-refractivity contribution is 0.374. The molecule has 1 atom stereocenters. The van der Waals surface area contributed by atoms with Gasteiger partial charge in [0.15, 0.2) is 17.3 Å². The van der Waals surface area contributed by atoms with E-state index in [1.165, 1.54) is 12.7 Å². The number of hydrogen-bond donors (Lipinski definition) is 1. The summed E-state index contributed by atoms with van der Waals surface area (Å²) in [6.07, 6.45) is 1.09. The fourth-order valence-electron chi connectivity index (χ4n) is 3.32. The zero-order valence-electron chi connectivity index (χ0n) is 17.3. The number of benzene rings is 3. The molecule has 0 fully saturated rings. The number of rotatable bonds is 6. The van der Waals surface area contributed by atoms with Crippen molar-refractivity contribution in [2.45, 2.75) is 26.2 Å². The molecular formula is C25H24N2O3. The second kappa shape index (κ2) is 8.41. The smallest absolute Gasteiger partial charge is 0.230 e. The Balaban J connectivity index is 1.78. The first kappa shape index (κ1) is 19.7. The molecule has 4 aromatic rings. The molecule has 0 saturated carbocycles. The summed E-state index contributed by atoms with van der Waals surface area (Å²) in [6.45, 7) is 4.39. The zero-order valence-corrected chi connectivity index (χ0v) is 17.3. The molecule has 0 amide bonds. The van der Waals surface area contributed by atoms with E-state index in [1.54, 1.807) is 18.2 Å². The van der Waals surface area contributed by atoms with Gasteiger partial charge in [0, 0.05) is 0 Å². The fourth-order valence-corrected chi connectivity index (χ4v) is 3.32. The minimum atomic E-state index is -0.000799. The van der Waals surface area contributed by atoms with E-state index < -0.39 is 0 Å². The lowest BCUT2D eigenvalue weighted by atomic mass is 9.99. The highest BCUT2D eigenvalue weighted by Crippen LogP contribution is 2.37. The molecule has 0 aliphatic carbocycles. The van der Waals surface area contributed by atoms with Gasteiger partial charge in [0.1, 0.15) is 5.75 Å². The third kappa shape index (κ3) is 3.79. The van der Waals surface area contributed by atoms with Crippen molar-refractivity contribution in [1.29, 1.82) is 0 Å². The highest BCUT2D eigenvalue weighted by atomic mass is 16.5. The van der Waals surface area contributed by atoms with E-state index in [4.69, 9.17) is 9.47 Å². The van der Waals surface area contributed by atoms with E-state index in [1.807, 2.05) is 36.4 Å². The van der Waals surface area contributed by atoms with Crippen molar-refractivity contribution in [3.05, 3.63) is 72.3 Å². The zero-order chi connectivity index (χ0) is 21.1. The molecule has 0 radical (unpaired) electrons. The van der Waals surface area contributed by atoms with Gasteiger partial charge in [0.25, 0.3) is 0 Å². The minimum absolute atomic E-state index is 0.000799. The monoisotopic (exact) mass is 400 g/mol. The Morgan fingerprint density at radius 2 is 1.70 bits per heavy atom. The first-order valence-electron chi connectivity index (χ1n) is 10.0. The van der Waals surface area contributed by atoms with Crippen molar-refractivity contribution >= 4 is 10.9 Å². The maximum atomic E-state index is 10.6. The number of hydrogen-bond acceptors (Lipinski definition) is 5. The average Bonchev–Trinajstić information content (AvgIpc) is 2.79. The van der Waals surface area contributed by atoms with E-state index in [2.05, 4.69) is 35.9 Å². The Bertz CT molecular complexity index is 1170. The van der Waals surface area contributed by atoms with Gasteiger partial charge < -0.3 is 14.6 Å². The molecule has 1 N–H and O–H groups in total. The molecule has 0 spiro atoms. The second-order valence-electron chi connectivity index (χ2n) is 7.21. The molecule has 30 heavy (non-hydrogen) atoms. The van der Waals surface area contributed by atoms with Gasteiger partial charge in [0.05, 0.1) is 23.6 Å². The van der Waals surface area contributed by atoms with Gasteiger partial charge >= 0.3 is 0 Å². The molecule has 1 aromatic heterocycles. The highest BCUT2D eigenvalue weighted by Gasteiger charge is 2.16. The SMILES string of the molecule is CCC(C)c1ccc(Oc2nc(-c3cccc(OC)c3O)nc3ccccc23)cc1. The number of ether oxygens (including phenoxy) is 2. The summed E-state index contributed by atoms with van der Waals surface area (Å²) in [5, 5.41) is 11.4. The van der Waals surface area contributed by atoms with Crippen LogP contribution in [-0.2, 0) is 0 Å². The molecule has 152 valence electrons. The topological polar surface area (TPSA) is 64.5 Å². The number of nitrogens with zero attached hydrogens (tertiary/aromatic N) is 2. The number of phenols is 1. The minimum Gasteiger partial charge on any atom is -0.504 e. The van der Waals surface area contributed by atoms with E-state index in [-0.39, 0.29) is 5.75 Å². The average molecular weight is 400 g/mol. The largest absolute Gasteiger partial charge is 0.504 e. The van der Waals surface area contributed by atoms with Gasteiger partial charge in [-0.15, -0.1) is 0 Å². The van der Waals surface area contributed by atoms with Gasteiger partial charge in [-0.3, -0.25) is 0 Å². The first-order chi connectivity index (χ1) is 14.6. The standard InChI is InChI=1S/C25H24N2O3/c1-4-16(2)17-12-14-18(15-13-17)30-25-19-8-5-6-10-21(19)26-24(27-25)20-9-7-11-22(29-3)23(20)28/h5-16,28H,4H2,1-3H3. The molecule has 5 heteroatoms. The quantitative estimate of drug-likeness (QED) is 0.410. The normalized spacial score (nSPS) is 12.0. The predicted molar refractivity (Wildman–Crippen MR) is 118 cm³/mol. The van der Waals surface area contributed by atoms with Gasteiger partial charge in [-0.05, 0) is 54.3 Å². The lowest BCUT2D eigenvalue weighted by Gasteiger charge is -2.13. The van der Waals surface area contributed by atoms with Crippen molar-refractivity contribution in [2.75, 3.05) is 7.11 Å². The molecule has 4 rings (SSSR count).